The minimum absolute atomic E-state index is 0.225. The van der Waals surface area contributed by atoms with Crippen LogP contribution in [0.15, 0.2) is 89.1 Å². The van der Waals surface area contributed by atoms with Gasteiger partial charge in [-0.3, -0.25) is 14.2 Å². The molecule has 0 unspecified atom stereocenters. The third-order valence-corrected chi connectivity index (χ3v) is 8.25. The molecule has 2 N–H and O–H groups in total. The van der Waals surface area contributed by atoms with E-state index in [4.69, 9.17) is 11.6 Å². The molecule has 0 bridgehead atoms. The van der Waals surface area contributed by atoms with Gasteiger partial charge in [0.25, 0.3) is 5.56 Å². The molecule has 0 amide bonds. The van der Waals surface area contributed by atoms with Gasteiger partial charge in [0.2, 0.25) is 5.95 Å². The van der Waals surface area contributed by atoms with Crippen molar-refractivity contribution in [3.63, 3.8) is 0 Å². The van der Waals surface area contributed by atoms with Crippen LogP contribution in [0.1, 0.15) is 31.5 Å². The van der Waals surface area contributed by atoms with E-state index in [0.29, 0.717) is 55.5 Å². The van der Waals surface area contributed by atoms with E-state index in [-0.39, 0.29) is 11.0 Å². The Morgan fingerprint density at radius 2 is 1.67 bits per heavy atom. The van der Waals surface area contributed by atoms with Crippen molar-refractivity contribution in [2.75, 3.05) is 23.3 Å². The van der Waals surface area contributed by atoms with Gasteiger partial charge in [0, 0.05) is 54.4 Å². The van der Waals surface area contributed by atoms with Gasteiger partial charge >= 0.3 is 0 Å². The molecule has 1 fully saturated rings. The summed E-state index contributed by atoms with van der Waals surface area (Å²) < 4.78 is 1.62. The lowest BCUT2D eigenvalue weighted by molar-refractivity contribution is 0.774. The Balaban J connectivity index is 1.41. The third kappa shape index (κ3) is 4.69. The Kier molecular flexibility index (Phi) is 6.83. The Bertz CT molecular complexity index is 2080. The van der Waals surface area contributed by atoms with Crippen LogP contribution in [0.2, 0.25) is 5.02 Å². The predicted molar refractivity (Wildman–Crippen MR) is 169 cm³/mol. The van der Waals surface area contributed by atoms with Gasteiger partial charge in [-0.15, -0.1) is 0 Å². The first-order valence-corrected chi connectivity index (χ1v) is 14.5. The van der Waals surface area contributed by atoms with Crippen molar-refractivity contribution in [1.29, 1.82) is 0 Å². The second-order valence-electron chi connectivity index (χ2n) is 10.5. The maximum Gasteiger partial charge on any atom is 0.263 e. The van der Waals surface area contributed by atoms with E-state index in [1.807, 2.05) is 55.5 Å². The molecule has 1 aliphatic heterocycles. The summed E-state index contributed by atoms with van der Waals surface area (Å²) in [5.41, 5.74) is 2.55. The van der Waals surface area contributed by atoms with Crippen LogP contribution in [0.3, 0.4) is 0 Å². The van der Waals surface area contributed by atoms with Crippen LogP contribution in [-0.4, -0.2) is 42.6 Å². The number of aromatic amines is 1. The van der Waals surface area contributed by atoms with E-state index in [1.54, 1.807) is 23.2 Å². The molecule has 0 saturated carbocycles. The summed E-state index contributed by atoms with van der Waals surface area (Å²) in [7, 11) is 0. The first kappa shape index (κ1) is 26.8. The Morgan fingerprint density at radius 3 is 2.44 bits per heavy atom. The van der Waals surface area contributed by atoms with Gasteiger partial charge in [0.05, 0.1) is 22.1 Å². The number of para-hydroxylation sites is 1. The Labute approximate surface area is 251 Å². The van der Waals surface area contributed by atoms with Crippen molar-refractivity contribution in [2.24, 2.45) is 0 Å². The highest BCUT2D eigenvalue weighted by Gasteiger charge is 2.25. The minimum atomic E-state index is -0.533. The molecule has 5 heterocycles. The third-order valence-electron chi connectivity index (χ3n) is 7.85. The van der Waals surface area contributed by atoms with Gasteiger partial charge in [0.15, 0.2) is 5.43 Å². The average Bonchev–Trinajstić information content (AvgIpc) is 3.58. The maximum atomic E-state index is 14.5. The highest BCUT2D eigenvalue weighted by Crippen LogP contribution is 2.36. The molecule has 2 aromatic carbocycles. The second kappa shape index (κ2) is 11.0. The lowest BCUT2D eigenvalue weighted by Crippen LogP contribution is -2.27. The maximum absolute atomic E-state index is 14.5. The van der Waals surface area contributed by atoms with E-state index in [2.05, 4.69) is 35.1 Å². The standard InChI is InChI=1S/C32H27ClN8O2/c1-19(39-30-26-24(42)12-13-34-29(26)37-18-38-30)28-27(33)23-11-7-10-22(20-16-35-32(36-17-20)40-14-5-6-15-40)25(23)31(43)41(28)21-8-3-2-4-9-21/h2-4,7-13,16-19H,5-6,14-15H2,1H3,(H2,34,37,38,39,42)/t19-/m0/s1. The number of anilines is 2. The molecule has 0 radical (unpaired) electrons. The van der Waals surface area contributed by atoms with Crippen molar-refractivity contribution in [2.45, 2.75) is 25.8 Å². The molecule has 1 atom stereocenters. The number of hydrogen-bond donors (Lipinski definition) is 2. The normalized spacial score (nSPS) is 14.0. The van der Waals surface area contributed by atoms with E-state index in [1.165, 1.54) is 12.4 Å². The molecule has 6 aromatic rings. The van der Waals surface area contributed by atoms with Crippen molar-refractivity contribution in [3.05, 3.63) is 111 Å². The monoisotopic (exact) mass is 590 g/mol. The van der Waals surface area contributed by atoms with E-state index < -0.39 is 6.04 Å². The van der Waals surface area contributed by atoms with Crippen LogP contribution in [0.25, 0.3) is 38.6 Å². The number of hydrogen-bond acceptors (Lipinski definition) is 8. The van der Waals surface area contributed by atoms with Gasteiger partial charge in [-0.2, -0.15) is 0 Å². The molecule has 4 aromatic heterocycles. The zero-order valence-corrected chi connectivity index (χ0v) is 24.0. The SMILES string of the molecule is C[C@H](Nc1ncnc2[nH]ccc(=O)c12)c1c(Cl)c2cccc(-c3cnc(N4CCCC4)nc3)c2c(=O)n1-c1ccccc1. The summed E-state index contributed by atoms with van der Waals surface area (Å²) in [6.45, 7) is 3.77. The van der Waals surface area contributed by atoms with E-state index >= 15 is 0 Å². The van der Waals surface area contributed by atoms with Crippen LogP contribution >= 0.6 is 11.6 Å². The number of rotatable bonds is 6. The molecule has 1 aliphatic rings. The Hall–Kier alpha value is -5.09. The topological polar surface area (TPSA) is 122 Å². The summed E-state index contributed by atoms with van der Waals surface area (Å²) in [5, 5.41) is 5.12. The molecule has 10 nitrogen and oxygen atoms in total. The zero-order valence-electron chi connectivity index (χ0n) is 23.3. The summed E-state index contributed by atoms with van der Waals surface area (Å²) in [4.78, 5) is 50.2. The fourth-order valence-electron chi connectivity index (χ4n) is 5.81. The number of H-pyrrole nitrogens is 1. The molecule has 0 aliphatic carbocycles. The van der Waals surface area contributed by atoms with Crippen LogP contribution in [-0.2, 0) is 0 Å². The summed E-state index contributed by atoms with van der Waals surface area (Å²) in [6, 6.07) is 15.9. The molecule has 1 saturated heterocycles. The smallest absolute Gasteiger partial charge is 0.263 e. The number of aromatic nitrogens is 6. The van der Waals surface area contributed by atoms with Gasteiger partial charge in [0.1, 0.15) is 23.2 Å². The lowest BCUT2D eigenvalue weighted by Gasteiger charge is -2.24. The largest absolute Gasteiger partial charge is 0.361 e. The second-order valence-corrected chi connectivity index (χ2v) is 10.9. The Morgan fingerprint density at radius 1 is 0.907 bits per heavy atom. The number of fused-ring (bicyclic) bond motifs is 2. The van der Waals surface area contributed by atoms with Crippen LogP contribution < -0.4 is 21.2 Å². The molecular formula is C32H27ClN8O2. The molecule has 0 spiro atoms. The molecule has 43 heavy (non-hydrogen) atoms. The van der Waals surface area contributed by atoms with Crippen molar-refractivity contribution < 1.29 is 0 Å². The molecule has 214 valence electrons. The van der Waals surface area contributed by atoms with Crippen molar-refractivity contribution in [3.8, 4) is 16.8 Å². The van der Waals surface area contributed by atoms with Gasteiger partial charge in [-0.25, -0.2) is 19.9 Å². The summed E-state index contributed by atoms with van der Waals surface area (Å²) in [6.07, 6.45) is 8.72. The lowest BCUT2D eigenvalue weighted by atomic mass is 9.99. The van der Waals surface area contributed by atoms with Gasteiger partial charge in [-0.1, -0.05) is 48.0 Å². The van der Waals surface area contributed by atoms with Crippen LogP contribution in [0.4, 0.5) is 11.8 Å². The summed E-state index contributed by atoms with van der Waals surface area (Å²) in [5.74, 6) is 1.03. The number of benzene rings is 2. The minimum Gasteiger partial charge on any atom is -0.361 e. The predicted octanol–water partition coefficient (Wildman–Crippen LogP) is 5.51. The van der Waals surface area contributed by atoms with Crippen molar-refractivity contribution >= 4 is 45.2 Å². The number of halogens is 1. The molecule has 7 rings (SSSR count). The fourth-order valence-corrected chi connectivity index (χ4v) is 6.22. The first-order valence-electron chi connectivity index (χ1n) is 14.1. The number of pyridine rings is 2. The van der Waals surface area contributed by atoms with Crippen LogP contribution in [0, 0.1) is 0 Å². The highest BCUT2D eigenvalue weighted by molar-refractivity contribution is 6.36. The quantitative estimate of drug-likeness (QED) is 0.261. The first-order chi connectivity index (χ1) is 21.0. The van der Waals surface area contributed by atoms with Gasteiger partial charge in [-0.05, 0) is 37.5 Å². The number of nitrogens with one attached hydrogen (secondary N) is 2. The molecule has 11 heteroatoms. The fraction of sp³-hybridized carbons (Fsp3) is 0.188. The number of nitrogens with zero attached hydrogens (tertiary/aromatic N) is 6. The highest BCUT2D eigenvalue weighted by atomic mass is 35.5. The van der Waals surface area contributed by atoms with E-state index in [0.717, 1.165) is 31.5 Å². The van der Waals surface area contributed by atoms with E-state index in [9.17, 15) is 9.59 Å². The zero-order chi connectivity index (χ0) is 29.5. The summed E-state index contributed by atoms with van der Waals surface area (Å²) >= 11 is 7.21. The average molecular weight is 591 g/mol. The molecular weight excluding hydrogens is 564 g/mol. The van der Waals surface area contributed by atoms with Gasteiger partial charge < -0.3 is 15.2 Å². The van der Waals surface area contributed by atoms with Crippen molar-refractivity contribution in [1.82, 2.24) is 29.5 Å². The van der Waals surface area contributed by atoms with Crippen LogP contribution in [0.5, 0.6) is 0 Å².